The minimum atomic E-state index is 0.0111. The van der Waals surface area contributed by atoms with Crippen LogP contribution >= 0.6 is 15.9 Å². The van der Waals surface area contributed by atoms with Gasteiger partial charge in [0.25, 0.3) is 0 Å². The first kappa shape index (κ1) is 15.6. The molecule has 0 radical (unpaired) electrons. The topological polar surface area (TPSA) is 55.1 Å². The molecule has 0 spiro atoms. The maximum absolute atomic E-state index is 12.0. The van der Waals surface area contributed by atoms with Gasteiger partial charge in [-0.2, -0.15) is 0 Å². The molecule has 1 atom stereocenters. The third-order valence-electron chi connectivity index (χ3n) is 3.37. The Morgan fingerprint density at radius 1 is 1.14 bits per heavy atom. The van der Waals surface area contributed by atoms with Crippen molar-refractivity contribution in [3.8, 4) is 0 Å². The molecule has 0 aromatic heterocycles. The first-order chi connectivity index (χ1) is 10.0. The van der Waals surface area contributed by atoms with E-state index in [1.807, 2.05) is 55.5 Å². The Bertz CT molecular complexity index is 593. The van der Waals surface area contributed by atoms with E-state index in [9.17, 15) is 4.79 Å². The van der Waals surface area contributed by atoms with Gasteiger partial charge in [-0.1, -0.05) is 40.2 Å². The zero-order chi connectivity index (χ0) is 15.2. The van der Waals surface area contributed by atoms with Crippen molar-refractivity contribution in [2.45, 2.75) is 25.8 Å². The van der Waals surface area contributed by atoms with Crippen molar-refractivity contribution in [1.29, 1.82) is 0 Å². The summed E-state index contributed by atoms with van der Waals surface area (Å²) >= 11 is 3.40. The molecule has 3 N–H and O–H groups in total. The van der Waals surface area contributed by atoms with E-state index in [0.29, 0.717) is 6.42 Å². The lowest BCUT2D eigenvalue weighted by molar-refractivity contribution is -0.121. The maximum atomic E-state index is 12.0. The number of nitrogens with two attached hydrogens (primary N) is 1. The average Bonchev–Trinajstić information content (AvgIpc) is 2.47. The number of rotatable bonds is 5. The molecule has 1 amide bonds. The van der Waals surface area contributed by atoms with E-state index in [1.165, 1.54) is 0 Å². The van der Waals surface area contributed by atoms with Crippen molar-refractivity contribution >= 4 is 27.5 Å². The molecular formula is C17H19BrN2O. The Hall–Kier alpha value is -1.81. The third kappa shape index (κ3) is 4.90. The van der Waals surface area contributed by atoms with Crippen LogP contribution in [0.5, 0.6) is 0 Å². The van der Waals surface area contributed by atoms with Crippen molar-refractivity contribution in [2.75, 3.05) is 5.73 Å². The molecule has 0 aliphatic carbocycles. The Balaban J connectivity index is 1.83. The molecule has 0 saturated carbocycles. The Morgan fingerprint density at radius 3 is 2.38 bits per heavy atom. The van der Waals surface area contributed by atoms with Crippen LogP contribution in [0.2, 0.25) is 0 Å². The molecule has 0 fully saturated rings. The molecule has 110 valence electrons. The Labute approximate surface area is 133 Å². The number of nitrogens with one attached hydrogen (secondary N) is 1. The van der Waals surface area contributed by atoms with Gasteiger partial charge in [0.2, 0.25) is 5.91 Å². The summed E-state index contributed by atoms with van der Waals surface area (Å²) in [4.78, 5) is 12.0. The van der Waals surface area contributed by atoms with Crippen LogP contribution in [-0.2, 0) is 11.2 Å². The van der Waals surface area contributed by atoms with Crippen LogP contribution < -0.4 is 11.1 Å². The first-order valence-corrected chi connectivity index (χ1v) is 7.73. The molecule has 0 saturated heterocycles. The van der Waals surface area contributed by atoms with E-state index < -0.39 is 0 Å². The molecule has 2 aromatic rings. The number of anilines is 1. The Morgan fingerprint density at radius 2 is 1.76 bits per heavy atom. The predicted octanol–water partition coefficient (Wildman–Crippen LogP) is 3.84. The van der Waals surface area contributed by atoms with Gasteiger partial charge in [-0.15, -0.1) is 0 Å². The summed E-state index contributed by atoms with van der Waals surface area (Å²) in [5, 5.41) is 3.02. The van der Waals surface area contributed by atoms with E-state index in [2.05, 4.69) is 21.2 Å². The van der Waals surface area contributed by atoms with Crippen LogP contribution in [0.4, 0.5) is 5.69 Å². The number of nitrogen functional groups attached to an aromatic ring is 1. The number of hydrogen-bond donors (Lipinski definition) is 2. The summed E-state index contributed by atoms with van der Waals surface area (Å²) < 4.78 is 1.04. The molecular weight excluding hydrogens is 328 g/mol. The number of carbonyl (C=O) groups is 1. The summed E-state index contributed by atoms with van der Waals surface area (Å²) in [5.74, 6) is 0.0576. The van der Waals surface area contributed by atoms with Crippen LogP contribution in [0.1, 0.15) is 30.5 Å². The lowest BCUT2D eigenvalue weighted by atomic mass is 10.1. The molecule has 3 nitrogen and oxygen atoms in total. The lowest BCUT2D eigenvalue weighted by Gasteiger charge is -2.14. The van der Waals surface area contributed by atoms with Crippen LogP contribution in [-0.4, -0.2) is 5.91 Å². The van der Waals surface area contributed by atoms with Crippen LogP contribution in [0, 0.1) is 0 Å². The second kappa shape index (κ2) is 7.27. The number of halogens is 1. The van der Waals surface area contributed by atoms with Gasteiger partial charge in [0, 0.05) is 16.6 Å². The minimum Gasteiger partial charge on any atom is -0.399 e. The van der Waals surface area contributed by atoms with Gasteiger partial charge in [-0.25, -0.2) is 0 Å². The van der Waals surface area contributed by atoms with Gasteiger partial charge >= 0.3 is 0 Å². The Kier molecular flexibility index (Phi) is 5.39. The van der Waals surface area contributed by atoms with Gasteiger partial charge in [0.05, 0.1) is 6.04 Å². The van der Waals surface area contributed by atoms with Gasteiger partial charge in [-0.05, 0) is 48.7 Å². The molecule has 4 heteroatoms. The number of benzene rings is 2. The fraction of sp³-hybridized carbons (Fsp3) is 0.235. The summed E-state index contributed by atoms with van der Waals surface area (Å²) in [6, 6.07) is 15.6. The van der Waals surface area contributed by atoms with E-state index in [0.717, 1.165) is 27.7 Å². The van der Waals surface area contributed by atoms with Crippen molar-refractivity contribution < 1.29 is 4.79 Å². The first-order valence-electron chi connectivity index (χ1n) is 6.94. The molecule has 0 aliphatic rings. The molecule has 2 aromatic carbocycles. The molecule has 2 rings (SSSR count). The average molecular weight is 347 g/mol. The van der Waals surface area contributed by atoms with E-state index >= 15 is 0 Å². The monoisotopic (exact) mass is 346 g/mol. The number of hydrogen-bond acceptors (Lipinski definition) is 2. The maximum Gasteiger partial charge on any atom is 0.220 e. The van der Waals surface area contributed by atoms with Crippen LogP contribution in [0.15, 0.2) is 53.0 Å². The highest BCUT2D eigenvalue weighted by atomic mass is 79.9. The predicted molar refractivity (Wildman–Crippen MR) is 89.9 cm³/mol. The third-order valence-corrected chi connectivity index (χ3v) is 3.90. The van der Waals surface area contributed by atoms with Gasteiger partial charge in [-0.3, -0.25) is 4.79 Å². The second-order valence-corrected chi connectivity index (χ2v) is 6.00. The highest BCUT2D eigenvalue weighted by Crippen LogP contribution is 2.16. The lowest BCUT2D eigenvalue weighted by Crippen LogP contribution is -2.26. The summed E-state index contributed by atoms with van der Waals surface area (Å²) in [6.45, 7) is 1.99. The highest BCUT2D eigenvalue weighted by molar-refractivity contribution is 9.10. The second-order valence-electron chi connectivity index (χ2n) is 5.08. The van der Waals surface area contributed by atoms with E-state index in [1.54, 1.807) is 0 Å². The quantitative estimate of drug-likeness (QED) is 0.808. The van der Waals surface area contributed by atoms with Crippen LogP contribution in [0.3, 0.4) is 0 Å². The molecule has 0 unspecified atom stereocenters. The molecule has 21 heavy (non-hydrogen) atoms. The highest BCUT2D eigenvalue weighted by Gasteiger charge is 2.09. The van der Waals surface area contributed by atoms with Crippen molar-refractivity contribution in [3.05, 3.63) is 64.1 Å². The smallest absolute Gasteiger partial charge is 0.220 e. The van der Waals surface area contributed by atoms with Crippen molar-refractivity contribution in [2.24, 2.45) is 0 Å². The number of carbonyl (C=O) groups excluding carboxylic acids is 1. The van der Waals surface area contributed by atoms with Crippen molar-refractivity contribution in [1.82, 2.24) is 5.32 Å². The fourth-order valence-corrected chi connectivity index (χ4v) is 2.35. The minimum absolute atomic E-state index is 0.0111. The van der Waals surface area contributed by atoms with Gasteiger partial charge < -0.3 is 11.1 Å². The molecule has 0 bridgehead atoms. The summed E-state index contributed by atoms with van der Waals surface area (Å²) in [5.41, 5.74) is 8.60. The van der Waals surface area contributed by atoms with Gasteiger partial charge in [0.15, 0.2) is 0 Å². The SMILES string of the molecule is C[C@H](NC(=O)CCc1ccc(N)cc1)c1ccc(Br)cc1. The largest absolute Gasteiger partial charge is 0.399 e. The zero-order valence-electron chi connectivity index (χ0n) is 12.0. The van der Waals surface area contributed by atoms with Crippen molar-refractivity contribution in [3.63, 3.8) is 0 Å². The summed E-state index contributed by atoms with van der Waals surface area (Å²) in [7, 11) is 0. The zero-order valence-corrected chi connectivity index (χ0v) is 13.6. The standard InChI is InChI=1S/C17H19BrN2O/c1-12(14-5-7-15(18)8-6-14)20-17(21)11-4-13-2-9-16(19)10-3-13/h2-3,5-10,12H,4,11,19H2,1H3,(H,20,21)/t12-/m0/s1. The normalized spacial score (nSPS) is 11.9. The summed E-state index contributed by atoms with van der Waals surface area (Å²) in [6.07, 6.45) is 1.20. The van der Waals surface area contributed by atoms with E-state index in [4.69, 9.17) is 5.73 Å². The van der Waals surface area contributed by atoms with E-state index in [-0.39, 0.29) is 11.9 Å². The van der Waals surface area contributed by atoms with Crippen LogP contribution in [0.25, 0.3) is 0 Å². The fourth-order valence-electron chi connectivity index (χ4n) is 2.09. The molecule has 0 heterocycles. The molecule has 0 aliphatic heterocycles. The van der Waals surface area contributed by atoms with Gasteiger partial charge in [0.1, 0.15) is 0 Å². The number of aryl methyl sites for hydroxylation is 1. The number of amides is 1.